The van der Waals surface area contributed by atoms with Gasteiger partial charge in [-0.2, -0.15) is 0 Å². The first-order chi connectivity index (χ1) is 14.7. The zero-order chi connectivity index (χ0) is 20.5. The molecule has 0 amide bonds. The normalized spacial score (nSPS) is 26.5. The third kappa shape index (κ3) is 3.62. The molecule has 0 spiro atoms. The first kappa shape index (κ1) is 19.3. The maximum absolute atomic E-state index is 10.1. The zero-order valence-electron chi connectivity index (χ0n) is 17.2. The van der Waals surface area contributed by atoms with Crippen LogP contribution in [-0.4, -0.2) is 34.1 Å². The number of nitrogens with zero attached hydrogens (tertiary/aromatic N) is 2. The van der Waals surface area contributed by atoms with Gasteiger partial charge in [0.15, 0.2) is 0 Å². The molecule has 3 fully saturated rings. The molecule has 154 valence electrons. The summed E-state index contributed by atoms with van der Waals surface area (Å²) in [6, 6.07) is 18.1. The Kier molecular flexibility index (Phi) is 5.28. The van der Waals surface area contributed by atoms with Gasteiger partial charge in [0, 0.05) is 24.2 Å². The fourth-order valence-corrected chi connectivity index (χ4v) is 5.26. The summed E-state index contributed by atoms with van der Waals surface area (Å²) in [5.41, 5.74) is 3.17. The highest BCUT2D eigenvalue weighted by atomic mass is 16.5. The summed E-state index contributed by atoms with van der Waals surface area (Å²) in [6.07, 6.45) is 6.25. The van der Waals surface area contributed by atoms with Gasteiger partial charge in [0.2, 0.25) is 0 Å². The first-order valence-electron chi connectivity index (χ1n) is 10.8. The minimum absolute atomic E-state index is 0.0777. The van der Waals surface area contributed by atoms with Gasteiger partial charge in [-0.15, -0.1) is 6.58 Å². The second-order valence-corrected chi connectivity index (χ2v) is 8.57. The Labute approximate surface area is 177 Å². The lowest BCUT2D eigenvalue weighted by Gasteiger charge is -2.51. The van der Waals surface area contributed by atoms with Crippen LogP contribution >= 0.6 is 0 Å². The predicted molar refractivity (Wildman–Crippen MR) is 119 cm³/mol. The second kappa shape index (κ2) is 8.21. The van der Waals surface area contributed by atoms with E-state index in [4.69, 9.17) is 4.74 Å². The summed E-state index contributed by atoms with van der Waals surface area (Å²) in [5.74, 6) is 1.50. The van der Waals surface area contributed by atoms with E-state index in [1.54, 1.807) is 6.07 Å². The highest BCUT2D eigenvalue weighted by molar-refractivity contribution is 5.83. The molecule has 3 saturated heterocycles. The monoisotopic (exact) mass is 400 g/mol. The topological polar surface area (TPSA) is 45.6 Å². The number of phenolic OH excluding ortho intramolecular Hbond substituents is 1. The van der Waals surface area contributed by atoms with Crippen LogP contribution in [0, 0.1) is 11.8 Å². The summed E-state index contributed by atoms with van der Waals surface area (Å²) >= 11 is 0. The van der Waals surface area contributed by atoms with Gasteiger partial charge < -0.3 is 9.84 Å². The molecule has 1 N–H and O–H groups in total. The van der Waals surface area contributed by atoms with Crippen LogP contribution < -0.4 is 0 Å². The van der Waals surface area contributed by atoms with E-state index in [2.05, 4.69) is 40.7 Å². The number of piperidine rings is 3. The SMILES string of the molecule is C=CC1CN2CCC1C[C@H]2[C@H](OCc1ccccc1)c1ccnc2ccc(O)cc12. The predicted octanol–water partition coefficient (Wildman–Crippen LogP) is 5.09. The highest BCUT2D eigenvalue weighted by Gasteiger charge is 2.43. The molecule has 1 aromatic heterocycles. The zero-order valence-corrected chi connectivity index (χ0v) is 17.2. The van der Waals surface area contributed by atoms with Crippen LogP contribution in [0.15, 0.2) is 73.4 Å². The van der Waals surface area contributed by atoms with Crippen molar-refractivity contribution in [1.82, 2.24) is 9.88 Å². The van der Waals surface area contributed by atoms with Crippen LogP contribution in [0.3, 0.4) is 0 Å². The molecule has 30 heavy (non-hydrogen) atoms. The number of pyridine rings is 1. The van der Waals surface area contributed by atoms with E-state index in [0.29, 0.717) is 24.5 Å². The summed E-state index contributed by atoms with van der Waals surface area (Å²) < 4.78 is 6.65. The van der Waals surface area contributed by atoms with Crippen LogP contribution in [-0.2, 0) is 11.3 Å². The minimum atomic E-state index is -0.0777. The molecule has 0 saturated carbocycles. The van der Waals surface area contributed by atoms with E-state index in [1.807, 2.05) is 36.5 Å². The Morgan fingerprint density at radius 2 is 2.07 bits per heavy atom. The fraction of sp³-hybridized carbons (Fsp3) is 0.346. The van der Waals surface area contributed by atoms with Crippen molar-refractivity contribution in [2.24, 2.45) is 11.8 Å². The summed E-state index contributed by atoms with van der Waals surface area (Å²) in [4.78, 5) is 7.09. The Bertz CT molecular complexity index is 1040. The number of aromatic nitrogens is 1. The van der Waals surface area contributed by atoms with E-state index in [-0.39, 0.29) is 11.9 Å². The van der Waals surface area contributed by atoms with Gasteiger partial charge in [-0.3, -0.25) is 9.88 Å². The summed E-state index contributed by atoms with van der Waals surface area (Å²) in [5, 5.41) is 11.1. The van der Waals surface area contributed by atoms with Crippen molar-refractivity contribution < 1.29 is 9.84 Å². The highest BCUT2D eigenvalue weighted by Crippen LogP contribution is 2.43. The van der Waals surface area contributed by atoms with Crippen molar-refractivity contribution in [3.8, 4) is 5.75 Å². The Hall–Kier alpha value is -2.69. The van der Waals surface area contributed by atoms with Crippen LogP contribution in [0.1, 0.15) is 30.1 Å². The summed E-state index contributed by atoms with van der Waals surface area (Å²) in [7, 11) is 0. The van der Waals surface area contributed by atoms with Crippen molar-refractivity contribution in [3.63, 3.8) is 0 Å². The van der Waals surface area contributed by atoms with Gasteiger partial charge in [0.25, 0.3) is 0 Å². The molecule has 3 aliphatic heterocycles. The quantitative estimate of drug-likeness (QED) is 0.585. The van der Waals surface area contributed by atoms with Crippen LogP contribution in [0.2, 0.25) is 0 Å². The average molecular weight is 401 g/mol. The van der Waals surface area contributed by atoms with Crippen molar-refractivity contribution in [2.45, 2.75) is 31.6 Å². The van der Waals surface area contributed by atoms with Gasteiger partial charge in [0.1, 0.15) is 5.75 Å². The molecule has 0 aliphatic carbocycles. The molecule has 5 atom stereocenters. The van der Waals surface area contributed by atoms with Gasteiger partial charge in [0.05, 0.1) is 18.2 Å². The molecule has 2 bridgehead atoms. The third-order valence-electron chi connectivity index (χ3n) is 6.84. The van der Waals surface area contributed by atoms with Crippen molar-refractivity contribution in [2.75, 3.05) is 13.1 Å². The van der Waals surface area contributed by atoms with Crippen LogP contribution in [0.5, 0.6) is 5.75 Å². The molecule has 6 rings (SSSR count). The lowest BCUT2D eigenvalue weighted by Crippen LogP contribution is -2.55. The lowest BCUT2D eigenvalue weighted by atomic mass is 9.73. The fourth-order valence-electron chi connectivity index (χ4n) is 5.26. The van der Waals surface area contributed by atoms with Crippen molar-refractivity contribution in [3.05, 3.63) is 84.6 Å². The van der Waals surface area contributed by atoms with Gasteiger partial charge in [-0.05, 0) is 66.6 Å². The van der Waals surface area contributed by atoms with Crippen molar-refractivity contribution >= 4 is 10.9 Å². The van der Waals surface area contributed by atoms with Gasteiger partial charge in [-0.1, -0.05) is 36.4 Å². The lowest BCUT2D eigenvalue weighted by molar-refractivity contribution is -0.0803. The Morgan fingerprint density at radius 1 is 1.20 bits per heavy atom. The Balaban J connectivity index is 1.52. The van der Waals surface area contributed by atoms with Gasteiger partial charge >= 0.3 is 0 Å². The number of hydrogen-bond donors (Lipinski definition) is 1. The Morgan fingerprint density at radius 3 is 2.83 bits per heavy atom. The minimum Gasteiger partial charge on any atom is -0.508 e. The number of hydrogen-bond acceptors (Lipinski definition) is 4. The number of benzene rings is 2. The third-order valence-corrected chi connectivity index (χ3v) is 6.84. The average Bonchev–Trinajstić information content (AvgIpc) is 2.80. The molecule has 4 nitrogen and oxygen atoms in total. The number of phenols is 1. The molecular weight excluding hydrogens is 372 g/mol. The molecule has 3 unspecified atom stereocenters. The molecule has 3 aromatic rings. The molecule has 4 heteroatoms. The van der Waals surface area contributed by atoms with E-state index >= 15 is 0 Å². The van der Waals surface area contributed by atoms with Gasteiger partial charge in [-0.25, -0.2) is 0 Å². The smallest absolute Gasteiger partial charge is 0.116 e. The molecule has 3 aliphatic rings. The largest absolute Gasteiger partial charge is 0.508 e. The maximum atomic E-state index is 10.1. The molecule has 0 radical (unpaired) electrons. The summed E-state index contributed by atoms with van der Waals surface area (Å²) in [6.45, 7) is 6.79. The van der Waals surface area contributed by atoms with Crippen LogP contribution in [0.4, 0.5) is 0 Å². The maximum Gasteiger partial charge on any atom is 0.116 e. The van der Waals surface area contributed by atoms with Crippen molar-refractivity contribution in [1.29, 1.82) is 0 Å². The van der Waals surface area contributed by atoms with E-state index in [0.717, 1.165) is 36.0 Å². The van der Waals surface area contributed by atoms with E-state index < -0.39 is 0 Å². The van der Waals surface area contributed by atoms with E-state index in [1.165, 1.54) is 12.0 Å². The van der Waals surface area contributed by atoms with Crippen LogP contribution in [0.25, 0.3) is 10.9 Å². The molecule has 2 aromatic carbocycles. The first-order valence-corrected chi connectivity index (χ1v) is 10.8. The molecular formula is C26H28N2O2. The number of aromatic hydroxyl groups is 1. The standard InChI is InChI=1S/C26H28N2O2/c1-2-19-16-28-13-11-20(19)14-25(28)26(30-17-18-6-4-3-5-7-18)22-10-12-27-24-9-8-21(29)15-23(22)24/h2-10,12,15,19-20,25-26,29H,1,11,13-14,16-17H2/t19?,20?,25-,26+/m0/s1. The number of ether oxygens (including phenoxy) is 1. The molecule has 4 heterocycles. The second-order valence-electron chi connectivity index (χ2n) is 8.57. The van der Waals surface area contributed by atoms with E-state index in [9.17, 15) is 5.11 Å². The number of rotatable bonds is 6. The number of fused-ring (bicyclic) bond motifs is 4.